The van der Waals surface area contributed by atoms with Gasteiger partial charge in [-0.15, -0.1) is 0 Å². The summed E-state index contributed by atoms with van der Waals surface area (Å²) >= 11 is 0. The number of aromatic nitrogens is 1. The van der Waals surface area contributed by atoms with Gasteiger partial charge in [0.1, 0.15) is 0 Å². The van der Waals surface area contributed by atoms with Crippen molar-refractivity contribution in [2.24, 2.45) is 0 Å². The molecule has 0 amide bonds. The minimum Gasteiger partial charge on any atom is -0.301 e. The Kier molecular flexibility index (Phi) is 3.93. The first-order chi connectivity index (χ1) is 10.1. The molecule has 1 aromatic heterocycles. The molecule has 1 aromatic carbocycles. The van der Waals surface area contributed by atoms with Crippen LogP contribution >= 0.6 is 0 Å². The molecule has 0 spiro atoms. The van der Waals surface area contributed by atoms with Crippen molar-refractivity contribution < 1.29 is 8.42 Å². The van der Waals surface area contributed by atoms with E-state index in [1.807, 2.05) is 6.07 Å². The summed E-state index contributed by atoms with van der Waals surface area (Å²) in [5.74, 6) is 0. The van der Waals surface area contributed by atoms with E-state index in [0.29, 0.717) is 18.0 Å². The van der Waals surface area contributed by atoms with Gasteiger partial charge >= 0.3 is 0 Å². The summed E-state index contributed by atoms with van der Waals surface area (Å²) in [4.78, 5) is 6.70. The third-order valence-corrected chi connectivity index (χ3v) is 5.99. The van der Waals surface area contributed by atoms with Gasteiger partial charge in [0.05, 0.1) is 4.90 Å². The number of fused-ring (bicyclic) bond motifs is 1. The van der Waals surface area contributed by atoms with Crippen molar-refractivity contribution in [3.8, 4) is 0 Å². The number of benzene rings is 1. The minimum atomic E-state index is -3.44. The Bertz CT molecular complexity index is 732. The van der Waals surface area contributed by atoms with Crippen LogP contribution in [0, 0.1) is 0 Å². The van der Waals surface area contributed by atoms with Crippen molar-refractivity contribution >= 4 is 20.8 Å². The quantitative estimate of drug-likeness (QED) is 0.863. The fourth-order valence-corrected chi connectivity index (χ4v) is 4.38. The summed E-state index contributed by atoms with van der Waals surface area (Å²) in [6.45, 7) is 5.76. The number of likely N-dealkylation sites (N-methyl/N-ethyl adjacent to an activating group) is 1. The molecule has 0 atom stereocenters. The number of hydrogen-bond donors (Lipinski definition) is 0. The summed E-state index contributed by atoms with van der Waals surface area (Å²) in [5.41, 5.74) is 0. The first-order valence-electron chi connectivity index (χ1n) is 7.18. The number of rotatable bonds is 3. The molecule has 1 aliphatic rings. The van der Waals surface area contributed by atoms with Gasteiger partial charge in [-0.3, -0.25) is 4.98 Å². The maximum absolute atomic E-state index is 12.9. The molecule has 0 N–H and O–H groups in total. The van der Waals surface area contributed by atoms with Gasteiger partial charge in [-0.25, -0.2) is 8.42 Å². The fourth-order valence-electron chi connectivity index (χ4n) is 2.74. The molecule has 5 nitrogen and oxygen atoms in total. The van der Waals surface area contributed by atoms with Crippen LogP contribution in [0.3, 0.4) is 0 Å². The number of hydrogen-bond acceptors (Lipinski definition) is 4. The first kappa shape index (κ1) is 14.4. The van der Waals surface area contributed by atoms with Gasteiger partial charge in [-0.1, -0.05) is 19.1 Å². The molecule has 0 aliphatic carbocycles. The Balaban J connectivity index is 1.98. The maximum Gasteiger partial charge on any atom is 0.243 e. The zero-order valence-electron chi connectivity index (χ0n) is 12.1. The van der Waals surface area contributed by atoms with E-state index >= 15 is 0 Å². The Morgan fingerprint density at radius 2 is 1.90 bits per heavy atom. The van der Waals surface area contributed by atoms with Gasteiger partial charge in [-0.05, 0) is 18.7 Å². The average molecular weight is 305 g/mol. The molecule has 2 heterocycles. The predicted octanol–water partition coefficient (Wildman–Crippen LogP) is 1.56. The van der Waals surface area contributed by atoms with Crippen LogP contribution in [0.1, 0.15) is 6.92 Å². The monoisotopic (exact) mass is 305 g/mol. The van der Waals surface area contributed by atoms with Gasteiger partial charge < -0.3 is 4.90 Å². The second-order valence-corrected chi connectivity index (χ2v) is 7.10. The lowest BCUT2D eigenvalue weighted by Gasteiger charge is -2.33. The molecule has 3 rings (SSSR count). The number of nitrogens with zero attached hydrogens (tertiary/aromatic N) is 3. The third kappa shape index (κ3) is 2.66. The lowest BCUT2D eigenvalue weighted by Crippen LogP contribution is -2.48. The van der Waals surface area contributed by atoms with E-state index in [-0.39, 0.29) is 0 Å². The molecule has 2 aromatic rings. The number of pyridine rings is 1. The van der Waals surface area contributed by atoms with Gasteiger partial charge in [-0.2, -0.15) is 4.31 Å². The van der Waals surface area contributed by atoms with Crippen LogP contribution in [-0.2, 0) is 10.0 Å². The largest absolute Gasteiger partial charge is 0.301 e. The number of sulfonamides is 1. The Labute approximate surface area is 125 Å². The van der Waals surface area contributed by atoms with Crippen LogP contribution < -0.4 is 0 Å². The minimum absolute atomic E-state index is 0.382. The lowest BCUT2D eigenvalue weighted by molar-refractivity contribution is 0.196. The summed E-state index contributed by atoms with van der Waals surface area (Å²) in [5, 5.41) is 1.59. The Morgan fingerprint density at radius 3 is 2.62 bits per heavy atom. The molecule has 112 valence electrons. The highest BCUT2D eigenvalue weighted by molar-refractivity contribution is 7.89. The van der Waals surface area contributed by atoms with Crippen LogP contribution in [-0.4, -0.2) is 55.3 Å². The van der Waals surface area contributed by atoms with E-state index in [9.17, 15) is 8.42 Å². The molecule has 0 bridgehead atoms. The molecule has 21 heavy (non-hydrogen) atoms. The van der Waals surface area contributed by atoms with Gasteiger partial charge in [0, 0.05) is 49.3 Å². The van der Waals surface area contributed by atoms with E-state index in [4.69, 9.17) is 0 Å². The first-order valence-corrected chi connectivity index (χ1v) is 8.62. The Morgan fingerprint density at radius 1 is 1.14 bits per heavy atom. The summed E-state index contributed by atoms with van der Waals surface area (Å²) < 4.78 is 27.4. The van der Waals surface area contributed by atoms with Crippen molar-refractivity contribution in [2.75, 3.05) is 32.7 Å². The van der Waals surface area contributed by atoms with E-state index in [1.54, 1.807) is 34.9 Å². The molecular weight excluding hydrogens is 286 g/mol. The lowest BCUT2D eigenvalue weighted by atomic mass is 10.2. The molecule has 0 saturated carbocycles. The molecule has 0 radical (unpaired) electrons. The summed E-state index contributed by atoms with van der Waals surface area (Å²) in [6.07, 6.45) is 3.33. The van der Waals surface area contributed by atoms with Crippen LogP contribution in [0.5, 0.6) is 0 Å². The molecular formula is C15H19N3O2S. The zero-order valence-corrected chi connectivity index (χ0v) is 12.9. The van der Waals surface area contributed by atoms with E-state index < -0.39 is 10.0 Å². The van der Waals surface area contributed by atoms with Crippen molar-refractivity contribution in [1.82, 2.24) is 14.2 Å². The second kappa shape index (κ2) is 5.71. The smallest absolute Gasteiger partial charge is 0.243 e. The summed E-state index contributed by atoms with van der Waals surface area (Å²) in [7, 11) is -3.44. The van der Waals surface area contributed by atoms with Crippen molar-refractivity contribution in [1.29, 1.82) is 0 Å². The van der Waals surface area contributed by atoms with E-state index in [2.05, 4.69) is 16.8 Å². The molecule has 0 unspecified atom stereocenters. The maximum atomic E-state index is 12.9. The van der Waals surface area contributed by atoms with Crippen molar-refractivity contribution in [3.05, 3.63) is 36.7 Å². The van der Waals surface area contributed by atoms with Crippen LogP contribution in [0.2, 0.25) is 0 Å². The highest BCUT2D eigenvalue weighted by Crippen LogP contribution is 2.25. The van der Waals surface area contributed by atoms with Crippen LogP contribution in [0.25, 0.3) is 10.8 Å². The van der Waals surface area contributed by atoms with E-state index in [1.165, 1.54) is 0 Å². The predicted molar refractivity (Wildman–Crippen MR) is 82.6 cm³/mol. The van der Waals surface area contributed by atoms with Gasteiger partial charge in [0.2, 0.25) is 10.0 Å². The second-order valence-electron chi connectivity index (χ2n) is 5.19. The topological polar surface area (TPSA) is 53.5 Å². The standard InChI is InChI=1S/C15H19N3O2S/c1-2-17-8-10-18(11-9-17)21(19,20)15-5-3-4-13-12-16-7-6-14(13)15/h3-7,12H,2,8-11H2,1H3. The number of piperazine rings is 1. The van der Waals surface area contributed by atoms with E-state index in [0.717, 1.165) is 30.4 Å². The normalized spacial score (nSPS) is 18.1. The Hall–Kier alpha value is -1.50. The van der Waals surface area contributed by atoms with Gasteiger partial charge in [0.25, 0.3) is 0 Å². The molecule has 1 saturated heterocycles. The van der Waals surface area contributed by atoms with Crippen LogP contribution in [0.4, 0.5) is 0 Å². The highest BCUT2D eigenvalue weighted by Gasteiger charge is 2.29. The van der Waals surface area contributed by atoms with Crippen molar-refractivity contribution in [3.63, 3.8) is 0 Å². The molecule has 1 fully saturated rings. The highest BCUT2D eigenvalue weighted by atomic mass is 32.2. The summed E-state index contributed by atoms with van der Waals surface area (Å²) in [6, 6.07) is 7.12. The zero-order chi connectivity index (χ0) is 14.9. The van der Waals surface area contributed by atoms with Gasteiger partial charge in [0.15, 0.2) is 0 Å². The average Bonchev–Trinajstić information content (AvgIpc) is 2.54. The third-order valence-electron chi connectivity index (χ3n) is 4.04. The molecule has 1 aliphatic heterocycles. The fraction of sp³-hybridized carbons (Fsp3) is 0.400. The molecule has 6 heteroatoms. The SMILES string of the molecule is CCN1CCN(S(=O)(=O)c2cccc3cnccc23)CC1. The van der Waals surface area contributed by atoms with Crippen LogP contribution in [0.15, 0.2) is 41.6 Å². The van der Waals surface area contributed by atoms with Crippen molar-refractivity contribution in [2.45, 2.75) is 11.8 Å².